The molecule has 6 nitrogen and oxygen atoms in total. The van der Waals surface area contributed by atoms with Gasteiger partial charge >= 0.3 is 0 Å². The summed E-state index contributed by atoms with van der Waals surface area (Å²) < 4.78 is 16.5. The molecule has 0 saturated heterocycles. The first-order valence-electron chi connectivity index (χ1n) is 28.8. The highest BCUT2D eigenvalue weighted by atomic mass is 32.2. The normalized spacial score (nSPS) is 12.8. The van der Waals surface area contributed by atoms with Gasteiger partial charge in [0.2, 0.25) is 0 Å². The molecule has 0 unspecified atom stereocenters. The topological polar surface area (TPSA) is 34.8 Å². The predicted molar refractivity (Wildman–Crippen MR) is 359 cm³/mol. The van der Waals surface area contributed by atoms with Gasteiger partial charge in [0.15, 0.2) is 0 Å². The summed E-state index contributed by atoms with van der Waals surface area (Å²) in [6.07, 6.45) is 0. The number of benzene rings is 10. The second kappa shape index (κ2) is 20.7. The van der Waals surface area contributed by atoms with Gasteiger partial charge in [-0.25, -0.2) is 0 Å². The summed E-state index contributed by atoms with van der Waals surface area (Å²) in [5, 5.41) is 9.60. The summed E-state index contributed by atoms with van der Waals surface area (Å²) in [5.74, 6) is 1.64. The number of anilines is 6. The van der Waals surface area contributed by atoms with Gasteiger partial charge in [0.25, 0.3) is 0 Å². The number of hydrogen-bond acceptors (Lipinski definition) is 8. The Bertz CT molecular complexity index is 4600. The minimum Gasteiger partial charge on any atom is -0.497 e. The molecule has 0 saturated carbocycles. The van der Waals surface area contributed by atoms with Crippen LogP contribution in [0.4, 0.5) is 34.1 Å². The summed E-state index contributed by atoms with van der Waals surface area (Å²) in [4.78, 5) is 12.5. The first-order chi connectivity index (χ1) is 41.9. The summed E-state index contributed by atoms with van der Waals surface area (Å²) in [5.41, 5.74) is 18.5. The zero-order valence-corrected chi connectivity index (χ0v) is 50.5. The Morgan fingerprint density at radius 3 is 1.13 bits per heavy atom. The minimum atomic E-state index is -0.583. The van der Waals surface area contributed by atoms with Crippen LogP contribution in [0.2, 0.25) is 0 Å². The molecule has 14 aromatic rings. The molecule has 4 aromatic heterocycles. The summed E-state index contributed by atoms with van der Waals surface area (Å²) >= 11 is 7.33. The first-order valence-corrected chi connectivity index (χ1v) is 32.2. The predicted octanol–water partition coefficient (Wildman–Crippen LogP) is 21.7. The quantitative estimate of drug-likeness (QED) is 0.108. The van der Waals surface area contributed by atoms with Gasteiger partial charge in [0.1, 0.15) is 11.5 Å². The number of aromatic nitrogens is 2. The number of hydrogen-bond donors (Lipinski definition) is 0. The number of fused-ring (bicyclic) bond motifs is 16. The van der Waals surface area contributed by atoms with E-state index in [0.29, 0.717) is 0 Å². The van der Waals surface area contributed by atoms with Gasteiger partial charge in [-0.3, -0.25) is 0 Å². The lowest BCUT2D eigenvalue weighted by Crippen LogP contribution is -2.26. The molecule has 0 radical (unpaired) electrons. The Labute approximate surface area is 510 Å². The molecule has 2 aliphatic carbocycles. The van der Waals surface area contributed by atoms with Gasteiger partial charge in [-0.15, -0.1) is 22.7 Å². The van der Waals surface area contributed by atoms with E-state index >= 15 is 0 Å². The third-order valence-corrected chi connectivity index (χ3v) is 21.4. The maximum atomic E-state index is 5.76. The van der Waals surface area contributed by atoms with Crippen molar-refractivity contribution in [1.29, 1.82) is 0 Å². The van der Waals surface area contributed by atoms with E-state index in [-0.39, 0.29) is 0 Å². The van der Waals surface area contributed by atoms with Crippen LogP contribution in [0.3, 0.4) is 0 Å². The van der Waals surface area contributed by atoms with Crippen molar-refractivity contribution < 1.29 is 9.47 Å². The minimum absolute atomic E-state index is 0.583. The van der Waals surface area contributed by atoms with Crippen LogP contribution >= 0.6 is 46.2 Å². The standard InChI is InChI=1S/C75H56N4O2S4/c1-5-76-69-43-51(23-33-61(69)63-35-29-57(45-71(63)76)84-55-13-9-7-10-14-55)78(47-17-25-53(80-3)26-18-47)49-21-31-59-60-32-22-50(42-68(60)75(67(59)41-49)65-37-39-82-73(65)74-66(75)38-40-83-74)79(48-19-27-54(81-4)28-20-48)52-24-34-62-64-36-30-58(85-56-15-11-8-12-16-56)46-72(64)77(6-2)70(62)44-52/h7-46H,5-6H2,1-4H3. The average Bonchev–Trinajstić information content (AvgIpc) is 1.57. The summed E-state index contributed by atoms with van der Waals surface area (Å²) in [6.45, 7) is 6.19. The number of thiophene rings is 2. The molecule has 412 valence electrons. The van der Waals surface area contributed by atoms with E-state index in [1.54, 1.807) is 14.2 Å². The maximum Gasteiger partial charge on any atom is 0.119 e. The van der Waals surface area contributed by atoms with E-state index in [1.165, 1.54) is 106 Å². The molecule has 1 spiro atoms. The van der Waals surface area contributed by atoms with E-state index in [9.17, 15) is 0 Å². The molecule has 2 aliphatic rings. The van der Waals surface area contributed by atoms with Crippen molar-refractivity contribution in [2.75, 3.05) is 24.0 Å². The van der Waals surface area contributed by atoms with Crippen molar-refractivity contribution in [1.82, 2.24) is 9.13 Å². The Morgan fingerprint density at radius 2 is 0.729 bits per heavy atom. The van der Waals surface area contributed by atoms with Crippen LogP contribution in [0.5, 0.6) is 11.5 Å². The lowest BCUT2D eigenvalue weighted by molar-refractivity contribution is 0.414. The van der Waals surface area contributed by atoms with Gasteiger partial charge in [0.05, 0.1) is 41.7 Å². The van der Waals surface area contributed by atoms with E-state index in [2.05, 4.69) is 274 Å². The van der Waals surface area contributed by atoms with Crippen LogP contribution in [0, 0.1) is 0 Å². The lowest BCUT2D eigenvalue weighted by Gasteiger charge is -2.32. The molecule has 0 fully saturated rings. The molecule has 0 N–H and O–H groups in total. The zero-order chi connectivity index (χ0) is 56.9. The average molecular weight is 1170 g/mol. The van der Waals surface area contributed by atoms with E-state index in [0.717, 1.165) is 58.7 Å². The van der Waals surface area contributed by atoms with Crippen LogP contribution in [0.1, 0.15) is 36.1 Å². The Hall–Kier alpha value is -8.90. The first kappa shape index (κ1) is 51.7. The van der Waals surface area contributed by atoms with Crippen molar-refractivity contribution in [3.8, 4) is 32.4 Å². The molecular weight excluding hydrogens is 1120 g/mol. The number of aryl methyl sites for hydroxylation is 2. The van der Waals surface area contributed by atoms with Gasteiger partial charge in [-0.1, -0.05) is 96.3 Å². The molecule has 0 atom stereocenters. The molecule has 4 heterocycles. The molecule has 0 amide bonds. The van der Waals surface area contributed by atoms with Crippen molar-refractivity contribution in [3.63, 3.8) is 0 Å². The van der Waals surface area contributed by atoms with Crippen molar-refractivity contribution >= 4 is 124 Å². The number of rotatable bonds is 14. The molecule has 10 heteroatoms. The second-order valence-corrected chi connectivity index (χ2v) is 25.8. The van der Waals surface area contributed by atoms with E-state index in [4.69, 9.17) is 9.47 Å². The Balaban J connectivity index is 0.862. The maximum absolute atomic E-state index is 5.76. The summed E-state index contributed by atoms with van der Waals surface area (Å²) in [7, 11) is 3.47. The number of ether oxygens (including phenoxy) is 2. The Kier molecular flexibility index (Phi) is 12.6. The molecule has 85 heavy (non-hydrogen) atoms. The summed E-state index contributed by atoms with van der Waals surface area (Å²) in [6, 6.07) is 85.5. The molecule has 10 aromatic carbocycles. The van der Waals surface area contributed by atoms with Crippen molar-refractivity contribution in [2.24, 2.45) is 0 Å². The van der Waals surface area contributed by atoms with Crippen LogP contribution in [-0.2, 0) is 18.5 Å². The largest absolute Gasteiger partial charge is 0.497 e. The van der Waals surface area contributed by atoms with Crippen LogP contribution < -0.4 is 19.3 Å². The van der Waals surface area contributed by atoms with Crippen molar-refractivity contribution in [3.05, 3.63) is 264 Å². The van der Waals surface area contributed by atoms with Gasteiger partial charge in [-0.2, -0.15) is 0 Å². The molecule has 0 bridgehead atoms. The third-order valence-electron chi connectivity index (χ3n) is 17.4. The van der Waals surface area contributed by atoms with Crippen LogP contribution in [0.15, 0.2) is 261 Å². The van der Waals surface area contributed by atoms with Crippen LogP contribution in [-0.4, -0.2) is 23.4 Å². The van der Waals surface area contributed by atoms with Gasteiger partial charge in [0, 0.05) is 98.1 Å². The third kappa shape index (κ3) is 8.21. The van der Waals surface area contributed by atoms with Crippen LogP contribution in [0.25, 0.3) is 64.5 Å². The fourth-order valence-corrected chi connectivity index (χ4v) is 17.5. The van der Waals surface area contributed by atoms with E-state index in [1.807, 2.05) is 46.2 Å². The Morgan fingerprint density at radius 1 is 0.365 bits per heavy atom. The smallest absolute Gasteiger partial charge is 0.119 e. The molecule has 0 aliphatic heterocycles. The second-order valence-electron chi connectivity index (χ2n) is 21.7. The van der Waals surface area contributed by atoms with Crippen molar-refractivity contribution in [2.45, 2.75) is 51.9 Å². The van der Waals surface area contributed by atoms with Gasteiger partial charge < -0.3 is 28.4 Å². The number of methoxy groups -OCH3 is 2. The highest BCUT2D eigenvalue weighted by Crippen LogP contribution is 2.66. The monoisotopic (exact) mass is 1170 g/mol. The number of nitrogens with zero attached hydrogens (tertiary/aromatic N) is 4. The fourth-order valence-electron chi connectivity index (χ4n) is 13.7. The van der Waals surface area contributed by atoms with E-state index < -0.39 is 5.41 Å². The molecule has 16 rings (SSSR count). The lowest BCUT2D eigenvalue weighted by atomic mass is 9.71. The SMILES string of the molecule is CCn1c2cc(Sc3ccccc3)ccc2c2ccc(N(c3ccc(OC)cc3)c3ccc4c(c3)C3(c5cc(N(c6ccc(OC)cc6)c6ccc7c8ccc(Sc9ccccc9)cc8n(CC)c7c6)ccc5-4)c4ccsc4-c4sccc43)cc21. The highest BCUT2D eigenvalue weighted by Gasteiger charge is 2.53. The fraction of sp³-hybridized carbons (Fsp3) is 0.0933. The molecular formula is C75H56N4O2S4. The van der Waals surface area contributed by atoms with Gasteiger partial charge in [-0.05, 0) is 216 Å². The highest BCUT2D eigenvalue weighted by molar-refractivity contribution is 7.99. The zero-order valence-electron chi connectivity index (χ0n) is 47.2.